The van der Waals surface area contributed by atoms with Crippen LogP contribution >= 0.6 is 0 Å². The first-order chi connectivity index (χ1) is 10.2. The van der Waals surface area contributed by atoms with Gasteiger partial charge in [0.2, 0.25) is 0 Å². The van der Waals surface area contributed by atoms with Gasteiger partial charge in [-0.2, -0.15) is 5.10 Å². The average molecular weight is 284 g/mol. The molecular weight excluding hydrogens is 268 g/mol. The molecule has 7 nitrogen and oxygen atoms in total. The summed E-state index contributed by atoms with van der Waals surface area (Å²) >= 11 is 0. The number of hydrogen-bond acceptors (Lipinski definition) is 4. The summed E-state index contributed by atoms with van der Waals surface area (Å²) in [7, 11) is 0. The fourth-order valence-corrected chi connectivity index (χ4v) is 2.14. The zero-order valence-corrected chi connectivity index (χ0v) is 11.9. The third-order valence-corrected chi connectivity index (χ3v) is 3.33. The molecule has 0 spiro atoms. The van der Waals surface area contributed by atoms with Crippen LogP contribution in [0.1, 0.15) is 29.9 Å². The second kappa shape index (κ2) is 5.35. The SMILES string of the molecule is CCc1cc(NC(=O)c2ccc3c(c2)nnn3CC)n[nH]1. The molecule has 0 aliphatic carbocycles. The molecular formula is C14H16N6O. The Morgan fingerprint density at radius 2 is 2.19 bits per heavy atom. The standard InChI is InChI=1S/C14H16N6O/c1-3-10-8-13(18-16-10)15-14(21)9-5-6-12-11(7-9)17-19-20(12)4-2/h5-8H,3-4H2,1-2H3,(H2,15,16,18,21). The minimum atomic E-state index is -0.211. The number of hydrogen-bond donors (Lipinski definition) is 2. The Hall–Kier alpha value is -2.70. The van der Waals surface area contributed by atoms with Gasteiger partial charge < -0.3 is 5.32 Å². The number of aryl methyl sites for hydroxylation is 2. The second-order valence-electron chi connectivity index (χ2n) is 4.69. The lowest BCUT2D eigenvalue weighted by Crippen LogP contribution is -2.12. The molecule has 0 saturated heterocycles. The molecule has 0 radical (unpaired) electrons. The summed E-state index contributed by atoms with van der Waals surface area (Å²) in [5.41, 5.74) is 3.14. The van der Waals surface area contributed by atoms with Crippen molar-refractivity contribution in [3.05, 3.63) is 35.5 Å². The van der Waals surface area contributed by atoms with Gasteiger partial charge in [0, 0.05) is 23.9 Å². The van der Waals surface area contributed by atoms with Crippen LogP contribution in [0, 0.1) is 0 Å². The zero-order chi connectivity index (χ0) is 14.8. The second-order valence-corrected chi connectivity index (χ2v) is 4.69. The highest BCUT2D eigenvalue weighted by atomic mass is 16.1. The molecule has 0 atom stereocenters. The van der Waals surface area contributed by atoms with Crippen LogP contribution in [0.2, 0.25) is 0 Å². The largest absolute Gasteiger partial charge is 0.305 e. The fourth-order valence-electron chi connectivity index (χ4n) is 2.14. The molecule has 2 heterocycles. The Bertz CT molecular complexity index is 788. The van der Waals surface area contributed by atoms with E-state index in [9.17, 15) is 4.79 Å². The van der Waals surface area contributed by atoms with Crippen molar-refractivity contribution in [3.63, 3.8) is 0 Å². The van der Waals surface area contributed by atoms with Crippen LogP contribution in [0.25, 0.3) is 11.0 Å². The molecule has 2 N–H and O–H groups in total. The summed E-state index contributed by atoms with van der Waals surface area (Å²) in [6, 6.07) is 7.18. The fraction of sp³-hybridized carbons (Fsp3) is 0.286. The number of rotatable bonds is 4. The lowest BCUT2D eigenvalue weighted by atomic mass is 10.2. The van der Waals surface area contributed by atoms with Crippen LogP contribution in [0.4, 0.5) is 5.82 Å². The van der Waals surface area contributed by atoms with Crippen LogP contribution in [0.3, 0.4) is 0 Å². The van der Waals surface area contributed by atoms with E-state index in [1.807, 2.05) is 26.0 Å². The van der Waals surface area contributed by atoms with Crippen molar-refractivity contribution in [1.29, 1.82) is 0 Å². The van der Waals surface area contributed by atoms with Crippen LogP contribution in [-0.4, -0.2) is 31.1 Å². The van der Waals surface area contributed by atoms with Gasteiger partial charge in [-0.15, -0.1) is 5.10 Å². The molecule has 0 bridgehead atoms. The summed E-state index contributed by atoms with van der Waals surface area (Å²) in [6.45, 7) is 4.76. The summed E-state index contributed by atoms with van der Waals surface area (Å²) in [6.07, 6.45) is 0.842. The van der Waals surface area contributed by atoms with E-state index in [-0.39, 0.29) is 5.91 Å². The van der Waals surface area contributed by atoms with Gasteiger partial charge in [0.15, 0.2) is 5.82 Å². The summed E-state index contributed by atoms with van der Waals surface area (Å²) in [5, 5.41) is 17.8. The zero-order valence-electron chi connectivity index (χ0n) is 11.9. The van der Waals surface area contributed by atoms with Gasteiger partial charge in [-0.25, -0.2) is 4.68 Å². The molecule has 0 aliphatic heterocycles. The van der Waals surface area contributed by atoms with Gasteiger partial charge in [0.25, 0.3) is 5.91 Å². The van der Waals surface area contributed by atoms with Gasteiger partial charge in [0.1, 0.15) is 5.52 Å². The molecule has 0 saturated carbocycles. The van der Waals surface area contributed by atoms with E-state index in [4.69, 9.17) is 0 Å². The Morgan fingerprint density at radius 3 is 2.90 bits per heavy atom. The highest BCUT2D eigenvalue weighted by Gasteiger charge is 2.11. The number of benzene rings is 1. The molecule has 3 aromatic rings. The molecule has 1 aromatic carbocycles. The van der Waals surface area contributed by atoms with E-state index in [0.29, 0.717) is 16.9 Å². The Kier molecular flexibility index (Phi) is 3.39. The van der Waals surface area contributed by atoms with Crippen molar-refractivity contribution in [2.45, 2.75) is 26.8 Å². The predicted octanol–water partition coefficient (Wildman–Crippen LogP) is 1.99. The molecule has 21 heavy (non-hydrogen) atoms. The predicted molar refractivity (Wildman–Crippen MR) is 79.1 cm³/mol. The number of carbonyl (C=O) groups is 1. The van der Waals surface area contributed by atoms with E-state index < -0.39 is 0 Å². The van der Waals surface area contributed by atoms with Gasteiger partial charge in [-0.3, -0.25) is 9.89 Å². The van der Waals surface area contributed by atoms with E-state index in [0.717, 1.165) is 24.2 Å². The van der Waals surface area contributed by atoms with Gasteiger partial charge in [-0.05, 0) is 31.5 Å². The number of aromatic nitrogens is 5. The van der Waals surface area contributed by atoms with E-state index in [1.165, 1.54) is 0 Å². The number of fused-ring (bicyclic) bond motifs is 1. The summed E-state index contributed by atoms with van der Waals surface area (Å²) in [5.74, 6) is 0.311. The normalized spacial score (nSPS) is 11.0. The van der Waals surface area contributed by atoms with Crippen LogP contribution < -0.4 is 5.32 Å². The summed E-state index contributed by atoms with van der Waals surface area (Å²) < 4.78 is 1.79. The molecule has 1 amide bonds. The smallest absolute Gasteiger partial charge is 0.256 e. The topological polar surface area (TPSA) is 88.5 Å². The maximum atomic E-state index is 12.2. The van der Waals surface area contributed by atoms with Gasteiger partial charge >= 0.3 is 0 Å². The van der Waals surface area contributed by atoms with Crippen LogP contribution in [0.5, 0.6) is 0 Å². The van der Waals surface area contributed by atoms with Crippen molar-refractivity contribution in [2.24, 2.45) is 0 Å². The third-order valence-electron chi connectivity index (χ3n) is 3.33. The Balaban J connectivity index is 1.84. The molecule has 2 aromatic heterocycles. The molecule has 7 heteroatoms. The highest BCUT2D eigenvalue weighted by Crippen LogP contribution is 2.15. The number of H-pyrrole nitrogens is 1. The number of anilines is 1. The molecule has 0 aliphatic rings. The van der Waals surface area contributed by atoms with Crippen LogP contribution in [-0.2, 0) is 13.0 Å². The number of amides is 1. The van der Waals surface area contributed by atoms with E-state index >= 15 is 0 Å². The molecule has 0 unspecified atom stereocenters. The maximum Gasteiger partial charge on any atom is 0.256 e. The average Bonchev–Trinajstić information content (AvgIpc) is 3.12. The van der Waals surface area contributed by atoms with Crippen molar-refractivity contribution < 1.29 is 4.79 Å². The maximum absolute atomic E-state index is 12.2. The first-order valence-electron chi connectivity index (χ1n) is 6.90. The van der Waals surface area contributed by atoms with Crippen molar-refractivity contribution >= 4 is 22.8 Å². The number of aromatic amines is 1. The van der Waals surface area contributed by atoms with E-state index in [1.54, 1.807) is 16.8 Å². The Morgan fingerprint density at radius 1 is 1.33 bits per heavy atom. The minimum Gasteiger partial charge on any atom is -0.305 e. The lowest BCUT2D eigenvalue weighted by Gasteiger charge is -2.02. The van der Waals surface area contributed by atoms with Gasteiger partial charge in [-0.1, -0.05) is 12.1 Å². The molecule has 3 rings (SSSR count). The monoisotopic (exact) mass is 284 g/mol. The highest BCUT2D eigenvalue weighted by molar-refractivity contribution is 6.05. The van der Waals surface area contributed by atoms with Crippen molar-refractivity contribution in [3.8, 4) is 0 Å². The first kappa shape index (κ1) is 13.3. The third kappa shape index (κ3) is 2.49. The Labute approximate surface area is 121 Å². The lowest BCUT2D eigenvalue weighted by molar-refractivity contribution is 0.102. The molecule has 108 valence electrons. The minimum absolute atomic E-state index is 0.211. The summed E-state index contributed by atoms with van der Waals surface area (Å²) in [4.78, 5) is 12.2. The number of nitrogens with zero attached hydrogens (tertiary/aromatic N) is 4. The number of carbonyl (C=O) groups excluding carboxylic acids is 1. The van der Waals surface area contributed by atoms with Crippen LogP contribution in [0.15, 0.2) is 24.3 Å². The van der Waals surface area contributed by atoms with Crippen molar-refractivity contribution in [2.75, 3.05) is 5.32 Å². The van der Waals surface area contributed by atoms with Gasteiger partial charge in [0.05, 0.1) is 5.52 Å². The number of nitrogens with one attached hydrogen (secondary N) is 2. The van der Waals surface area contributed by atoms with E-state index in [2.05, 4.69) is 25.8 Å². The van der Waals surface area contributed by atoms with Crippen molar-refractivity contribution in [1.82, 2.24) is 25.2 Å². The first-order valence-corrected chi connectivity index (χ1v) is 6.90. The quantitative estimate of drug-likeness (QED) is 0.766. The molecule has 0 fully saturated rings.